The van der Waals surface area contributed by atoms with Gasteiger partial charge in [-0.2, -0.15) is 0 Å². The summed E-state index contributed by atoms with van der Waals surface area (Å²) in [5.41, 5.74) is 0. The minimum atomic E-state index is -0.995. The van der Waals surface area contributed by atoms with Crippen molar-refractivity contribution >= 4 is 40.2 Å². The number of nitrogens with one attached hydrogen (secondary N) is 2. The van der Waals surface area contributed by atoms with Crippen LogP contribution in [-0.2, 0) is 20.6 Å². The predicted molar refractivity (Wildman–Crippen MR) is 84.7 cm³/mol. The first-order valence-electron chi connectivity index (χ1n) is 6.77. The van der Waals surface area contributed by atoms with Gasteiger partial charge in [0, 0.05) is 31.6 Å². The van der Waals surface area contributed by atoms with Crippen LogP contribution in [0.3, 0.4) is 0 Å². The Hall–Kier alpha value is -1.51. The number of aromatic nitrogens is 1. The number of hydrogen-bond acceptors (Lipinski definition) is 4. The molecule has 0 saturated carbocycles. The maximum absolute atomic E-state index is 11.8. The van der Waals surface area contributed by atoms with Crippen LogP contribution in [0.1, 0.15) is 12.8 Å². The van der Waals surface area contributed by atoms with E-state index < -0.39 is 22.8 Å². The van der Waals surface area contributed by atoms with Crippen LogP contribution in [0.4, 0.5) is 5.82 Å². The second kappa shape index (κ2) is 7.66. The van der Waals surface area contributed by atoms with E-state index in [0.717, 1.165) is 0 Å². The number of amides is 2. The topological polar surface area (TPSA) is 91.4 Å². The maximum atomic E-state index is 11.8. The molecule has 9 heteroatoms. The first-order valence-corrected chi connectivity index (χ1v) is 8.67. The van der Waals surface area contributed by atoms with Crippen LogP contribution < -0.4 is 10.6 Å². The quantitative estimate of drug-likeness (QED) is 0.783. The molecule has 1 aromatic heterocycles. The van der Waals surface area contributed by atoms with Gasteiger partial charge in [-0.1, -0.05) is 11.6 Å². The molecule has 7 nitrogen and oxygen atoms in total. The minimum Gasteiger partial charge on any atom is -0.345 e. The highest BCUT2D eigenvalue weighted by molar-refractivity contribution is 7.81. The van der Waals surface area contributed by atoms with Crippen LogP contribution in [0.15, 0.2) is 18.3 Å². The van der Waals surface area contributed by atoms with Crippen LogP contribution >= 0.6 is 11.6 Å². The number of hydrogen-bond donors (Lipinski definition) is 2. The van der Waals surface area contributed by atoms with Crippen molar-refractivity contribution in [3.8, 4) is 0 Å². The zero-order chi connectivity index (χ0) is 16.1. The van der Waals surface area contributed by atoms with Crippen LogP contribution in [-0.4, -0.2) is 50.7 Å². The second-order valence-electron chi connectivity index (χ2n) is 4.92. The zero-order valence-electron chi connectivity index (χ0n) is 12.0. The standard InChI is InChI=1S/C13H17ClN4O3S/c1-22(21)18-6-4-10(5-7-18)16-12(19)13(20)17-11-3-2-9(14)8-15-11/h2-3,8,10H,4-7H2,1H3,(H,16,19)(H,15,17,20). The highest BCUT2D eigenvalue weighted by Gasteiger charge is 2.24. The molecule has 1 atom stereocenters. The normalized spacial score (nSPS) is 17.7. The van der Waals surface area contributed by atoms with Crippen molar-refractivity contribution < 1.29 is 13.8 Å². The summed E-state index contributed by atoms with van der Waals surface area (Å²) in [6, 6.07) is 3.00. The van der Waals surface area contributed by atoms with E-state index in [-0.39, 0.29) is 11.9 Å². The van der Waals surface area contributed by atoms with Gasteiger partial charge in [0.25, 0.3) is 0 Å². The van der Waals surface area contributed by atoms with Gasteiger partial charge in [0.1, 0.15) is 5.82 Å². The van der Waals surface area contributed by atoms with Crippen molar-refractivity contribution in [2.75, 3.05) is 24.7 Å². The Morgan fingerprint density at radius 3 is 2.55 bits per heavy atom. The zero-order valence-corrected chi connectivity index (χ0v) is 13.6. The van der Waals surface area contributed by atoms with E-state index in [9.17, 15) is 13.8 Å². The summed E-state index contributed by atoms with van der Waals surface area (Å²) in [5.74, 6) is -1.20. The number of piperidine rings is 1. The lowest BCUT2D eigenvalue weighted by atomic mass is 10.1. The Morgan fingerprint density at radius 1 is 1.32 bits per heavy atom. The van der Waals surface area contributed by atoms with Gasteiger partial charge >= 0.3 is 11.8 Å². The molecule has 2 heterocycles. The summed E-state index contributed by atoms with van der Waals surface area (Å²) >= 11 is 5.69. The second-order valence-corrected chi connectivity index (χ2v) is 6.72. The predicted octanol–water partition coefficient (Wildman–Crippen LogP) is 0.548. The molecule has 2 amide bonds. The molecule has 1 aliphatic rings. The van der Waals surface area contributed by atoms with Crippen molar-refractivity contribution in [3.63, 3.8) is 0 Å². The van der Waals surface area contributed by atoms with Gasteiger partial charge < -0.3 is 10.6 Å². The Bertz CT molecular complexity index is 573. The van der Waals surface area contributed by atoms with E-state index in [0.29, 0.717) is 31.0 Å². The van der Waals surface area contributed by atoms with Crippen LogP contribution in [0.25, 0.3) is 0 Å². The Kier molecular flexibility index (Phi) is 5.87. The van der Waals surface area contributed by atoms with Gasteiger partial charge in [0.15, 0.2) is 0 Å². The van der Waals surface area contributed by atoms with Gasteiger partial charge in [-0.15, -0.1) is 0 Å². The van der Waals surface area contributed by atoms with E-state index in [1.807, 2.05) is 4.31 Å². The van der Waals surface area contributed by atoms with Gasteiger partial charge in [-0.25, -0.2) is 13.5 Å². The average molecular weight is 345 g/mol. The third-order valence-electron chi connectivity index (χ3n) is 3.33. The van der Waals surface area contributed by atoms with Gasteiger partial charge in [-0.05, 0) is 25.0 Å². The molecule has 1 saturated heterocycles. The maximum Gasteiger partial charge on any atom is 0.314 e. The lowest BCUT2D eigenvalue weighted by Crippen LogP contribution is -2.47. The summed E-state index contributed by atoms with van der Waals surface area (Å²) in [4.78, 5) is 27.5. The molecular formula is C13H17ClN4O3S. The molecule has 0 aromatic carbocycles. The first-order chi connectivity index (χ1) is 10.5. The summed E-state index contributed by atoms with van der Waals surface area (Å²) in [6.07, 6.45) is 4.34. The fourth-order valence-electron chi connectivity index (χ4n) is 2.13. The third kappa shape index (κ3) is 4.75. The molecule has 0 bridgehead atoms. The molecule has 0 spiro atoms. The van der Waals surface area contributed by atoms with Gasteiger partial charge in [0.2, 0.25) is 0 Å². The molecule has 2 N–H and O–H groups in total. The van der Waals surface area contributed by atoms with Gasteiger partial charge in [-0.3, -0.25) is 9.59 Å². The van der Waals surface area contributed by atoms with Crippen LogP contribution in [0.5, 0.6) is 0 Å². The monoisotopic (exact) mass is 344 g/mol. The summed E-state index contributed by atoms with van der Waals surface area (Å²) in [6.45, 7) is 1.27. The highest BCUT2D eigenvalue weighted by Crippen LogP contribution is 2.12. The molecule has 1 aliphatic heterocycles. The van der Waals surface area contributed by atoms with Crippen molar-refractivity contribution in [3.05, 3.63) is 23.4 Å². The molecule has 22 heavy (non-hydrogen) atoms. The Labute approximate surface area is 136 Å². The lowest BCUT2D eigenvalue weighted by molar-refractivity contribution is -0.136. The number of pyridine rings is 1. The summed E-state index contributed by atoms with van der Waals surface area (Å²) in [7, 11) is -0.995. The SMILES string of the molecule is CS(=O)N1CCC(NC(=O)C(=O)Nc2ccc(Cl)cn2)CC1. The molecule has 1 unspecified atom stereocenters. The van der Waals surface area contributed by atoms with E-state index in [1.54, 1.807) is 12.3 Å². The third-order valence-corrected chi connectivity index (χ3v) is 4.64. The van der Waals surface area contributed by atoms with Gasteiger partial charge in [0.05, 0.1) is 16.0 Å². The van der Waals surface area contributed by atoms with Crippen molar-refractivity contribution in [2.24, 2.45) is 0 Å². The van der Waals surface area contributed by atoms with E-state index in [2.05, 4.69) is 15.6 Å². The fourth-order valence-corrected chi connectivity index (χ4v) is 2.97. The first kappa shape index (κ1) is 16.9. The van der Waals surface area contributed by atoms with E-state index in [4.69, 9.17) is 11.6 Å². The summed E-state index contributed by atoms with van der Waals surface area (Å²) < 4.78 is 13.2. The molecule has 1 fully saturated rings. The molecular weight excluding hydrogens is 328 g/mol. The molecule has 1 aromatic rings. The van der Waals surface area contributed by atoms with Crippen LogP contribution in [0.2, 0.25) is 5.02 Å². The molecule has 0 aliphatic carbocycles. The number of anilines is 1. The number of nitrogens with zero attached hydrogens (tertiary/aromatic N) is 2. The minimum absolute atomic E-state index is 0.0868. The Balaban J connectivity index is 1.81. The number of carbonyl (C=O) groups is 2. The van der Waals surface area contributed by atoms with Crippen molar-refractivity contribution in [1.29, 1.82) is 0 Å². The highest BCUT2D eigenvalue weighted by atomic mass is 35.5. The molecule has 0 radical (unpaired) electrons. The van der Waals surface area contributed by atoms with E-state index in [1.165, 1.54) is 12.3 Å². The largest absolute Gasteiger partial charge is 0.345 e. The lowest BCUT2D eigenvalue weighted by Gasteiger charge is -2.30. The fraction of sp³-hybridized carbons (Fsp3) is 0.462. The molecule has 120 valence electrons. The number of carbonyl (C=O) groups excluding carboxylic acids is 2. The van der Waals surface area contributed by atoms with E-state index >= 15 is 0 Å². The Morgan fingerprint density at radius 2 is 2.00 bits per heavy atom. The van der Waals surface area contributed by atoms with Crippen molar-refractivity contribution in [1.82, 2.24) is 14.6 Å². The number of halogens is 1. The molecule has 2 rings (SSSR count). The summed E-state index contributed by atoms with van der Waals surface area (Å²) in [5, 5.41) is 5.53. The smallest absolute Gasteiger partial charge is 0.314 e. The van der Waals surface area contributed by atoms with Crippen molar-refractivity contribution in [2.45, 2.75) is 18.9 Å². The number of rotatable bonds is 3. The average Bonchev–Trinajstić information content (AvgIpc) is 2.50. The van der Waals surface area contributed by atoms with Crippen LogP contribution in [0, 0.1) is 0 Å².